The predicted molar refractivity (Wildman–Crippen MR) is 62.0 cm³/mol. The molecule has 3 heteroatoms. The largest absolute Gasteiger partial charge is 0.345 e. The molecule has 0 atom stereocenters. The average molecular weight is 230 g/mol. The summed E-state index contributed by atoms with van der Waals surface area (Å²) in [7, 11) is 1.93. The van der Waals surface area contributed by atoms with E-state index >= 15 is 0 Å². The Bertz CT molecular complexity index is 234. The summed E-state index contributed by atoms with van der Waals surface area (Å²) in [5, 5.41) is 0.366. The molecule has 0 aromatic carbocycles. The van der Waals surface area contributed by atoms with Gasteiger partial charge in [-0.2, -0.15) is 0 Å². The second-order valence-corrected chi connectivity index (χ2v) is 5.83. The first-order valence-electron chi connectivity index (χ1n) is 6.03. The van der Waals surface area contributed by atoms with Crippen LogP contribution in [0.5, 0.6) is 0 Å². The van der Waals surface area contributed by atoms with Gasteiger partial charge < -0.3 is 4.90 Å². The Kier molecular flexibility index (Phi) is 3.55. The molecule has 0 N–H and O–H groups in total. The average Bonchev–Trinajstić information content (AvgIpc) is 2.08. The van der Waals surface area contributed by atoms with Gasteiger partial charge in [-0.25, -0.2) is 0 Å². The zero-order valence-electron chi connectivity index (χ0n) is 9.42. The molecule has 2 rings (SSSR count). The summed E-state index contributed by atoms with van der Waals surface area (Å²) < 4.78 is 0. The van der Waals surface area contributed by atoms with Crippen molar-refractivity contribution in [1.82, 2.24) is 4.90 Å². The number of rotatable bonds is 4. The molecule has 1 amide bonds. The molecule has 15 heavy (non-hydrogen) atoms. The van der Waals surface area contributed by atoms with Crippen molar-refractivity contribution in [2.75, 3.05) is 13.6 Å². The first-order valence-corrected chi connectivity index (χ1v) is 6.47. The molecule has 2 aliphatic rings. The van der Waals surface area contributed by atoms with Crippen LogP contribution in [0.1, 0.15) is 38.5 Å². The maximum absolute atomic E-state index is 11.8. The highest BCUT2D eigenvalue weighted by molar-refractivity contribution is 6.21. The lowest BCUT2D eigenvalue weighted by Crippen LogP contribution is -2.38. The SMILES string of the molecule is CN(CC1CC(Cl)C1)C(=O)CC1CCC1. The minimum atomic E-state index is 0.331. The fraction of sp³-hybridized carbons (Fsp3) is 0.917. The molecule has 0 saturated heterocycles. The van der Waals surface area contributed by atoms with E-state index in [2.05, 4.69) is 0 Å². The van der Waals surface area contributed by atoms with Gasteiger partial charge in [0.05, 0.1) is 0 Å². The number of hydrogen-bond acceptors (Lipinski definition) is 1. The van der Waals surface area contributed by atoms with Crippen molar-refractivity contribution in [1.29, 1.82) is 0 Å². The topological polar surface area (TPSA) is 20.3 Å². The van der Waals surface area contributed by atoms with Crippen LogP contribution in [0.25, 0.3) is 0 Å². The molecule has 0 aliphatic heterocycles. The zero-order valence-corrected chi connectivity index (χ0v) is 10.2. The molecule has 2 nitrogen and oxygen atoms in total. The van der Waals surface area contributed by atoms with Gasteiger partial charge in [-0.1, -0.05) is 6.42 Å². The highest BCUT2D eigenvalue weighted by Gasteiger charge is 2.30. The van der Waals surface area contributed by atoms with Gasteiger partial charge in [0.25, 0.3) is 0 Å². The zero-order chi connectivity index (χ0) is 10.8. The van der Waals surface area contributed by atoms with Gasteiger partial charge in [0, 0.05) is 25.4 Å². The van der Waals surface area contributed by atoms with Crippen molar-refractivity contribution < 1.29 is 4.79 Å². The highest BCUT2D eigenvalue weighted by Crippen LogP contribution is 2.33. The smallest absolute Gasteiger partial charge is 0.222 e. The molecule has 2 aliphatic carbocycles. The van der Waals surface area contributed by atoms with Gasteiger partial charge in [-0.3, -0.25) is 4.79 Å². The third kappa shape index (κ3) is 2.87. The van der Waals surface area contributed by atoms with E-state index < -0.39 is 0 Å². The molecule has 0 aromatic heterocycles. The van der Waals surface area contributed by atoms with E-state index in [0.717, 1.165) is 25.8 Å². The summed E-state index contributed by atoms with van der Waals surface area (Å²) in [5.74, 6) is 1.67. The first-order chi connectivity index (χ1) is 7.15. The van der Waals surface area contributed by atoms with Gasteiger partial charge in [0.2, 0.25) is 5.91 Å². The van der Waals surface area contributed by atoms with E-state index in [-0.39, 0.29) is 0 Å². The number of amides is 1. The van der Waals surface area contributed by atoms with Gasteiger partial charge in [0.1, 0.15) is 0 Å². The van der Waals surface area contributed by atoms with Crippen LogP contribution in [0.2, 0.25) is 0 Å². The van der Waals surface area contributed by atoms with Crippen LogP contribution >= 0.6 is 11.6 Å². The van der Waals surface area contributed by atoms with E-state index in [1.165, 1.54) is 19.3 Å². The van der Waals surface area contributed by atoms with Crippen LogP contribution in [0, 0.1) is 11.8 Å². The third-order valence-electron chi connectivity index (χ3n) is 3.82. The second-order valence-electron chi connectivity index (χ2n) is 5.21. The van der Waals surface area contributed by atoms with Crippen LogP contribution in [-0.4, -0.2) is 29.8 Å². The van der Waals surface area contributed by atoms with Crippen molar-refractivity contribution in [2.45, 2.75) is 43.9 Å². The lowest BCUT2D eigenvalue weighted by molar-refractivity contribution is -0.132. The fourth-order valence-electron chi connectivity index (χ4n) is 2.39. The molecule has 0 aromatic rings. The summed E-state index contributed by atoms with van der Waals surface area (Å²) in [4.78, 5) is 13.7. The van der Waals surface area contributed by atoms with Gasteiger partial charge in [0.15, 0.2) is 0 Å². The van der Waals surface area contributed by atoms with Crippen LogP contribution in [0.3, 0.4) is 0 Å². The number of hydrogen-bond donors (Lipinski definition) is 0. The quantitative estimate of drug-likeness (QED) is 0.679. The molecule has 0 bridgehead atoms. The summed E-state index contributed by atoms with van der Waals surface area (Å²) in [5.41, 5.74) is 0. The van der Waals surface area contributed by atoms with Gasteiger partial charge in [-0.15, -0.1) is 11.6 Å². The van der Waals surface area contributed by atoms with Crippen LogP contribution in [0.4, 0.5) is 0 Å². The Labute approximate surface area is 97.0 Å². The number of halogens is 1. The van der Waals surface area contributed by atoms with E-state index in [4.69, 9.17) is 11.6 Å². The van der Waals surface area contributed by atoms with Gasteiger partial charge in [-0.05, 0) is 37.5 Å². The summed E-state index contributed by atoms with van der Waals surface area (Å²) >= 11 is 5.92. The Morgan fingerprint density at radius 1 is 1.33 bits per heavy atom. The minimum Gasteiger partial charge on any atom is -0.345 e. The van der Waals surface area contributed by atoms with E-state index in [0.29, 0.717) is 23.1 Å². The normalized spacial score (nSPS) is 30.5. The molecule has 2 fully saturated rings. The molecule has 0 unspecified atom stereocenters. The summed E-state index contributed by atoms with van der Waals surface area (Å²) in [6, 6.07) is 0. The molecule has 0 spiro atoms. The summed E-state index contributed by atoms with van der Waals surface area (Å²) in [6.07, 6.45) is 6.77. The van der Waals surface area contributed by atoms with Crippen molar-refractivity contribution >= 4 is 17.5 Å². The molecular weight excluding hydrogens is 210 g/mol. The minimum absolute atomic E-state index is 0.331. The van der Waals surface area contributed by atoms with E-state index in [9.17, 15) is 4.79 Å². The number of carbonyl (C=O) groups excluding carboxylic acids is 1. The highest BCUT2D eigenvalue weighted by atomic mass is 35.5. The second kappa shape index (κ2) is 4.73. The van der Waals surface area contributed by atoms with Crippen LogP contribution in [0.15, 0.2) is 0 Å². The number of nitrogens with zero attached hydrogens (tertiary/aromatic N) is 1. The van der Waals surface area contributed by atoms with Crippen LogP contribution in [-0.2, 0) is 4.79 Å². The Morgan fingerprint density at radius 3 is 2.47 bits per heavy atom. The van der Waals surface area contributed by atoms with Crippen molar-refractivity contribution in [2.24, 2.45) is 11.8 Å². The maximum Gasteiger partial charge on any atom is 0.222 e. The standard InChI is InChI=1S/C12H20ClNO/c1-14(8-10-5-11(13)6-10)12(15)7-9-3-2-4-9/h9-11H,2-8H2,1H3. The molecular formula is C12H20ClNO. The Balaban J connectivity index is 1.65. The fourth-order valence-corrected chi connectivity index (χ4v) is 2.90. The van der Waals surface area contributed by atoms with E-state index in [1.807, 2.05) is 11.9 Å². The lowest BCUT2D eigenvalue weighted by Gasteiger charge is -2.35. The predicted octanol–water partition coefficient (Wildman–Crippen LogP) is 2.65. The van der Waals surface area contributed by atoms with E-state index in [1.54, 1.807) is 0 Å². The Hall–Kier alpha value is -0.240. The van der Waals surface area contributed by atoms with Gasteiger partial charge >= 0.3 is 0 Å². The summed E-state index contributed by atoms with van der Waals surface area (Å²) in [6.45, 7) is 0.911. The van der Waals surface area contributed by atoms with Crippen molar-refractivity contribution in [3.63, 3.8) is 0 Å². The number of carbonyl (C=O) groups is 1. The monoisotopic (exact) mass is 229 g/mol. The first kappa shape index (κ1) is 11.3. The lowest BCUT2D eigenvalue weighted by atomic mass is 9.82. The maximum atomic E-state index is 11.8. The molecule has 0 heterocycles. The molecule has 86 valence electrons. The molecule has 2 saturated carbocycles. The number of alkyl halides is 1. The van der Waals surface area contributed by atoms with Crippen LogP contribution < -0.4 is 0 Å². The van der Waals surface area contributed by atoms with Crippen molar-refractivity contribution in [3.8, 4) is 0 Å². The van der Waals surface area contributed by atoms with Crippen molar-refractivity contribution in [3.05, 3.63) is 0 Å². The molecule has 0 radical (unpaired) electrons. The Morgan fingerprint density at radius 2 is 2.00 bits per heavy atom. The third-order valence-corrected chi connectivity index (χ3v) is 4.18.